The molecule has 26 heavy (non-hydrogen) atoms. The fourth-order valence-corrected chi connectivity index (χ4v) is 3.85. The van der Waals surface area contributed by atoms with Crippen LogP contribution in [0.15, 0.2) is 47.0 Å². The van der Waals surface area contributed by atoms with Gasteiger partial charge in [-0.25, -0.2) is 4.39 Å². The Morgan fingerprint density at radius 3 is 2.96 bits per heavy atom. The van der Waals surface area contributed by atoms with Gasteiger partial charge >= 0.3 is 0 Å². The van der Waals surface area contributed by atoms with Crippen LogP contribution in [-0.2, 0) is 13.0 Å². The fraction of sp³-hybridized carbons (Fsp3) is 0.381. The Bertz CT molecular complexity index is 870. The molecule has 0 amide bonds. The third-order valence-electron chi connectivity index (χ3n) is 5.16. The summed E-state index contributed by atoms with van der Waals surface area (Å²) in [6.45, 7) is 4.96. The quantitative estimate of drug-likeness (QED) is 0.720. The SMILES string of the molecule is CCc1ccc(CN2CCC[C@H](c3[nH]ncc3-c3cccc(F)c3)C2)o1. The highest BCUT2D eigenvalue weighted by atomic mass is 19.1. The first kappa shape index (κ1) is 17.0. The number of hydrogen-bond donors (Lipinski definition) is 1. The van der Waals surface area contributed by atoms with Crippen molar-refractivity contribution in [1.29, 1.82) is 0 Å². The molecule has 0 radical (unpaired) electrons. The van der Waals surface area contributed by atoms with Crippen molar-refractivity contribution in [1.82, 2.24) is 15.1 Å². The average molecular weight is 353 g/mol. The van der Waals surface area contributed by atoms with E-state index >= 15 is 0 Å². The number of halogens is 1. The van der Waals surface area contributed by atoms with Gasteiger partial charge in [-0.15, -0.1) is 0 Å². The monoisotopic (exact) mass is 353 g/mol. The number of rotatable bonds is 5. The lowest BCUT2D eigenvalue weighted by Crippen LogP contribution is -2.34. The number of likely N-dealkylation sites (tertiary alicyclic amines) is 1. The highest BCUT2D eigenvalue weighted by Crippen LogP contribution is 2.33. The smallest absolute Gasteiger partial charge is 0.123 e. The molecule has 0 saturated carbocycles. The molecule has 1 aromatic carbocycles. The largest absolute Gasteiger partial charge is 0.465 e. The van der Waals surface area contributed by atoms with Crippen LogP contribution in [0, 0.1) is 5.82 Å². The van der Waals surface area contributed by atoms with Gasteiger partial charge in [0.2, 0.25) is 0 Å². The Morgan fingerprint density at radius 1 is 1.27 bits per heavy atom. The van der Waals surface area contributed by atoms with Crippen LogP contribution < -0.4 is 0 Å². The third kappa shape index (κ3) is 3.58. The van der Waals surface area contributed by atoms with Crippen molar-refractivity contribution >= 4 is 0 Å². The van der Waals surface area contributed by atoms with Gasteiger partial charge in [-0.3, -0.25) is 10.00 Å². The topological polar surface area (TPSA) is 45.1 Å². The Balaban J connectivity index is 1.51. The Morgan fingerprint density at radius 2 is 2.15 bits per heavy atom. The van der Waals surface area contributed by atoms with Crippen LogP contribution in [0.1, 0.15) is 42.9 Å². The zero-order chi connectivity index (χ0) is 17.9. The van der Waals surface area contributed by atoms with Crippen molar-refractivity contribution in [3.8, 4) is 11.1 Å². The molecule has 1 saturated heterocycles. The number of piperidine rings is 1. The number of H-pyrrole nitrogens is 1. The van der Waals surface area contributed by atoms with Gasteiger partial charge in [0.25, 0.3) is 0 Å². The summed E-state index contributed by atoms with van der Waals surface area (Å²) >= 11 is 0. The molecule has 5 heteroatoms. The predicted octanol–water partition coefficient (Wildman–Crippen LogP) is 4.75. The zero-order valence-corrected chi connectivity index (χ0v) is 15.0. The van der Waals surface area contributed by atoms with Gasteiger partial charge in [-0.05, 0) is 49.2 Å². The number of furan rings is 1. The summed E-state index contributed by atoms with van der Waals surface area (Å²) in [7, 11) is 0. The zero-order valence-electron chi connectivity index (χ0n) is 15.0. The molecule has 3 aromatic rings. The molecule has 2 aromatic heterocycles. The third-order valence-corrected chi connectivity index (χ3v) is 5.16. The summed E-state index contributed by atoms with van der Waals surface area (Å²) in [5.74, 6) is 2.21. The van der Waals surface area contributed by atoms with Crippen molar-refractivity contribution in [3.05, 3.63) is 65.6 Å². The van der Waals surface area contributed by atoms with Crippen molar-refractivity contribution < 1.29 is 8.81 Å². The number of hydrogen-bond acceptors (Lipinski definition) is 3. The number of benzene rings is 1. The van der Waals surface area contributed by atoms with Gasteiger partial charge < -0.3 is 4.42 Å². The normalized spacial score (nSPS) is 18.3. The Labute approximate surface area is 153 Å². The second kappa shape index (κ2) is 7.46. The molecule has 0 bridgehead atoms. The van der Waals surface area contributed by atoms with Gasteiger partial charge in [0.15, 0.2) is 0 Å². The Hall–Kier alpha value is -2.40. The average Bonchev–Trinajstić information content (AvgIpc) is 3.31. The maximum absolute atomic E-state index is 13.6. The number of nitrogens with zero attached hydrogens (tertiary/aromatic N) is 2. The van der Waals surface area contributed by atoms with E-state index in [1.807, 2.05) is 12.3 Å². The molecule has 0 unspecified atom stereocenters. The van der Waals surface area contributed by atoms with E-state index in [0.29, 0.717) is 5.92 Å². The number of aromatic nitrogens is 2. The second-order valence-electron chi connectivity index (χ2n) is 7.00. The van der Waals surface area contributed by atoms with Crippen molar-refractivity contribution in [2.75, 3.05) is 13.1 Å². The van der Waals surface area contributed by atoms with Crippen LogP contribution in [0.5, 0.6) is 0 Å². The van der Waals surface area contributed by atoms with Gasteiger partial charge in [0.05, 0.1) is 12.7 Å². The summed E-state index contributed by atoms with van der Waals surface area (Å²) < 4.78 is 19.5. The van der Waals surface area contributed by atoms with Gasteiger partial charge in [0.1, 0.15) is 17.3 Å². The van der Waals surface area contributed by atoms with Crippen LogP contribution in [0.3, 0.4) is 0 Å². The van der Waals surface area contributed by atoms with Crippen LogP contribution in [0.4, 0.5) is 4.39 Å². The molecule has 1 aliphatic heterocycles. The molecule has 3 heterocycles. The van der Waals surface area contributed by atoms with E-state index in [1.165, 1.54) is 6.07 Å². The summed E-state index contributed by atoms with van der Waals surface area (Å²) in [6.07, 6.45) is 4.98. The first-order valence-corrected chi connectivity index (χ1v) is 9.32. The molecule has 4 nitrogen and oxygen atoms in total. The molecule has 136 valence electrons. The highest BCUT2D eigenvalue weighted by molar-refractivity contribution is 5.65. The van der Waals surface area contributed by atoms with E-state index in [4.69, 9.17) is 4.42 Å². The molecular formula is C21H24FN3O. The standard InChI is InChI=1S/C21H24FN3O/c1-2-18-8-9-19(26-18)14-25-10-4-6-16(13-25)21-20(12-23-24-21)15-5-3-7-17(22)11-15/h3,5,7-9,11-12,16H,2,4,6,10,13-14H2,1H3,(H,23,24)/t16-/m0/s1. The first-order valence-electron chi connectivity index (χ1n) is 9.32. The summed E-state index contributed by atoms with van der Waals surface area (Å²) in [6, 6.07) is 10.9. The van der Waals surface area contributed by atoms with Crippen LogP contribution in [0.25, 0.3) is 11.1 Å². The predicted molar refractivity (Wildman–Crippen MR) is 99.3 cm³/mol. The van der Waals surface area contributed by atoms with Crippen molar-refractivity contribution in [2.24, 2.45) is 0 Å². The van der Waals surface area contributed by atoms with E-state index in [-0.39, 0.29) is 5.82 Å². The minimum atomic E-state index is -0.218. The van der Waals surface area contributed by atoms with E-state index in [0.717, 1.165) is 67.2 Å². The van der Waals surface area contributed by atoms with E-state index in [9.17, 15) is 4.39 Å². The minimum absolute atomic E-state index is 0.218. The van der Waals surface area contributed by atoms with E-state index in [2.05, 4.69) is 34.2 Å². The summed E-state index contributed by atoms with van der Waals surface area (Å²) in [5.41, 5.74) is 2.99. The maximum Gasteiger partial charge on any atom is 0.123 e. The number of nitrogens with one attached hydrogen (secondary N) is 1. The molecule has 1 N–H and O–H groups in total. The highest BCUT2D eigenvalue weighted by Gasteiger charge is 2.25. The molecule has 1 aliphatic rings. The molecule has 4 rings (SSSR count). The lowest BCUT2D eigenvalue weighted by molar-refractivity contribution is 0.184. The lowest BCUT2D eigenvalue weighted by Gasteiger charge is -2.32. The number of aryl methyl sites for hydroxylation is 1. The van der Waals surface area contributed by atoms with Gasteiger partial charge in [-0.2, -0.15) is 5.10 Å². The van der Waals surface area contributed by atoms with E-state index < -0.39 is 0 Å². The molecule has 0 aliphatic carbocycles. The van der Waals surface area contributed by atoms with E-state index in [1.54, 1.807) is 12.1 Å². The number of aromatic amines is 1. The van der Waals surface area contributed by atoms with Crippen LogP contribution in [-0.4, -0.2) is 28.2 Å². The summed E-state index contributed by atoms with van der Waals surface area (Å²) in [4.78, 5) is 2.43. The molecule has 0 spiro atoms. The molecule has 1 atom stereocenters. The maximum atomic E-state index is 13.6. The fourth-order valence-electron chi connectivity index (χ4n) is 3.85. The lowest BCUT2D eigenvalue weighted by atomic mass is 9.90. The van der Waals surface area contributed by atoms with Gasteiger partial charge in [-0.1, -0.05) is 19.1 Å². The van der Waals surface area contributed by atoms with Crippen LogP contribution >= 0.6 is 0 Å². The molecular weight excluding hydrogens is 329 g/mol. The van der Waals surface area contributed by atoms with Gasteiger partial charge in [0, 0.05) is 30.1 Å². The second-order valence-corrected chi connectivity index (χ2v) is 7.00. The van der Waals surface area contributed by atoms with Crippen molar-refractivity contribution in [2.45, 2.75) is 38.6 Å². The van der Waals surface area contributed by atoms with Crippen molar-refractivity contribution in [3.63, 3.8) is 0 Å². The first-order chi connectivity index (χ1) is 12.7. The minimum Gasteiger partial charge on any atom is -0.465 e. The Kier molecular flexibility index (Phi) is 4.89. The summed E-state index contributed by atoms with van der Waals surface area (Å²) in [5, 5.41) is 7.41. The molecule has 1 fully saturated rings. The van der Waals surface area contributed by atoms with Crippen LogP contribution in [0.2, 0.25) is 0 Å².